The van der Waals surface area contributed by atoms with Gasteiger partial charge in [0, 0.05) is 62.0 Å². The SMILES string of the molecule is CCN(c1cccc2c1C/C=C/CCC1=C(CNC2=O)C(=O)CC(C)=C1)C1CCN(CCO)CC1. The van der Waals surface area contributed by atoms with E-state index < -0.39 is 0 Å². The molecule has 6 nitrogen and oxygen atoms in total. The zero-order valence-corrected chi connectivity index (χ0v) is 21.2. The Morgan fingerprint density at radius 1 is 1.17 bits per heavy atom. The number of allylic oxidation sites excluding steroid dienone is 5. The molecule has 0 bridgehead atoms. The van der Waals surface area contributed by atoms with E-state index in [0.29, 0.717) is 24.4 Å². The van der Waals surface area contributed by atoms with Crippen LogP contribution in [-0.2, 0) is 11.2 Å². The molecule has 1 aromatic rings. The minimum absolute atomic E-state index is 0.115. The lowest BCUT2D eigenvalue weighted by atomic mass is 9.89. The van der Waals surface area contributed by atoms with Gasteiger partial charge in [0.15, 0.2) is 5.78 Å². The Morgan fingerprint density at radius 3 is 2.71 bits per heavy atom. The van der Waals surface area contributed by atoms with Crippen molar-refractivity contribution in [1.29, 1.82) is 0 Å². The van der Waals surface area contributed by atoms with Crippen LogP contribution in [0.2, 0.25) is 0 Å². The van der Waals surface area contributed by atoms with Gasteiger partial charge < -0.3 is 20.2 Å². The standard InChI is InChI=1S/C29H39N3O3/c1-3-32(23-12-14-31(15-13-23)16-17-33)27-11-7-10-25-24(27)9-6-4-5-8-22-18-21(2)19-28(34)26(22)20-30-29(25)35/h4,6-7,10-11,18,23,33H,3,5,8-9,12-17,19-20H2,1-2H3,(H,30,35)/b6-4+. The van der Waals surface area contributed by atoms with Gasteiger partial charge in [0.2, 0.25) is 0 Å². The van der Waals surface area contributed by atoms with E-state index in [9.17, 15) is 14.7 Å². The van der Waals surface area contributed by atoms with Crippen LogP contribution in [-0.4, -0.2) is 67.1 Å². The second kappa shape index (κ2) is 11.8. The molecule has 188 valence electrons. The fourth-order valence-electron chi connectivity index (χ4n) is 5.72. The fraction of sp³-hybridized carbons (Fsp3) is 0.517. The third kappa shape index (κ3) is 5.93. The van der Waals surface area contributed by atoms with Crippen LogP contribution < -0.4 is 10.2 Å². The summed E-state index contributed by atoms with van der Waals surface area (Å²) in [5, 5.41) is 12.3. The molecule has 1 aliphatic carbocycles. The monoisotopic (exact) mass is 477 g/mol. The number of nitrogens with zero attached hydrogens (tertiary/aromatic N) is 2. The predicted molar refractivity (Wildman–Crippen MR) is 141 cm³/mol. The first-order chi connectivity index (χ1) is 17.0. The van der Waals surface area contributed by atoms with Crippen LogP contribution in [0.4, 0.5) is 5.69 Å². The number of piperidine rings is 1. The van der Waals surface area contributed by atoms with Crippen molar-refractivity contribution in [3.63, 3.8) is 0 Å². The first-order valence-corrected chi connectivity index (χ1v) is 13.1. The Balaban J connectivity index is 1.61. The number of aliphatic hydroxyl groups is 1. The van der Waals surface area contributed by atoms with Crippen LogP contribution in [0, 0.1) is 0 Å². The van der Waals surface area contributed by atoms with Crippen LogP contribution in [0.3, 0.4) is 0 Å². The van der Waals surface area contributed by atoms with E-state index in [1.807, 2.05) is 19.1 Å². The highest BCUT2D eigenvalue weighted by molar-refractivity contribution is 6.02. The number of nitrogens with one attached hydrogen (secondary N) is 1. The molecule has 0 saturated carbocycles. The second-order valence-corrected chi connectivity index (χ2v) is 9.88. The minimum Gasteiger partial charge on any atom is -0.395 e. The lowest BCUT2D eigenvalue weighted by Crippen LogP contribution is -2.46. The van der Waals surface area contributed by atoms with Crippen molar-refractivity contribution in [3.05, 3.63) is 64.3 Å². The average molecular weight is 478 g/mol. The van der Waals surface area contributed by atoms with E-state index >= 15 is 0 Å². The smallest absolute Gasteiger partial charge is 0.251 e. The van der Waals surface area contributed by atoms with E-state index in [2.05, 4.69) is 46.3 Å². The van der Waals surface area contributed by atoms with Crippen molar-refractivity contribution >= 4 is 17.4 Å². The molecule has 0 spiro atoms. The molecule has 3 aliphatic rings. The van der Waals surface area contributed by atoms with Crippen LogP contribution >= 0.6 is 0 Å². The van der Waals surface area contributed by atoms with Crippen molar-refractivity contribution < 1.29 is 14.7 Å². The van der Waals surface area contributed by atoms with Gasteiger partial charge in [-0.1, -0.05) is 29.9 Å². The van der Waals surface area contributed by atoms with Gasteiger partial charge in [-0.2, -0.15) is 0 Å². The molecular formula is C29H39N3O3. The maximum absolute atomic E-state index is 13.4. The van der Waals surface area contributed by atoms with E-state index in [4.69, 9.17) is 0 Å². The molecule has 2 N–H and O–H groups in total. The van der Waals surface area contributed by atoms with Gasteiger partial charge in [-0.3, -0.25) is 9.59 Å². The van der Waals surface area contributed by atoms with Gasteiger partial charge >= 0.3 is 0 Å². The van der Waals surface area contributed by atoms with Gasteiger partial charge in [0.25, 0.3) is 5.91 Å². The first kappa shape index (κ1) is 25.4. The number of benzene rings is 1. The molecule has 0 radical (unpaired) electrons. The number of carbonyl (C=O) groups excluding carboxylic acids is 2. The molecule has 1 amide bonds. The molecule has 1 aromatic carbocycles. The topological polar surface area (TPSA) is 72.9 Å². The van der Waals surface area contributed by atoms with E-state index in [-0.39, 0.29) is 24.8 Å². The van der Waals surface area contributed by atoms with E-state index in [1.54, 1.807) is 0 Å². The number of amides is 1. The molecule has 0 atom stereocenters. The molecule has 4 rings (SSSR count). The van der Waals surface area contributed by atoms with E-state index in [1.165, 1.54) is 0 Å². The number of anilines is 1. The molecule has 2 aliphatic heterocycles. The summed E-state index contributed by atoms with van der Waals surface area (Å²) < 4.78 is 0. The number of rotatable bonds is 5. The number of carbonyl (C=O) groups is 2. The molecule has 1 saturated heterocycles. The maximum atomic E-state index is 13.4. The molecule has 35 heavy (non-hydrogen) atoms. The van der Waals surface area contributed by atoms with Gasteiger partial charge in [-0.25, -0.2) is 0 Å². The summed E-state index contributed by atoms with van der Waals surface area (Å²) in [6.45, 7) is 8.25. The van der Waals surface area contributed by atoms with Crippen molar-refractivity contribution in [2.75, 3.05) is 44.2 Å². The highest BCUT2D eigenvalue weighted by Gasteiger charge is 2.27. The Morgan fingerprint density at radius 2 is 1.97 bits per heavy atom. The molecule has 0 unspecified atom stereocenters. The average Bonchev–Trinajstić information content (AvgIpc) is 2.84. The van der Waals surface area contributed by atoms with Crippen molar-refractivity contribution in [1.82, 2.24) is 10.2 Å². The maximum Gasteiger partial charge on any atom is 0.251 e. The predicted octanol–water partition coefficient (Wildman–Crippen LogP) is 3.81. The number of ketones is 1. The Labute approximate surface area is 209 Å². The van der Waals surface area contributed by atoms with Gasteiger partial charge in [0.1, 0.15) is 0 Å². The normalized spacial score (nSPS) is 21.3. The van der Waals surface area contributed by atoms with Crippen LogP contribution in [0.5, 0.6) is 0 Å². The molecule has 2 heterocycles. The summed E-state index contributed by atoms with van der Waals surface area (Å²) in [6, 6.07) is 6.45. The molecule has 0 aromatic heterocycles. The highest BCUT2D eigenvalue weighted by Crippen LogP contribution is 2.31. The largest absolute Gasteiger partial charge is 0.395 e. The molecule has 1 fully saturated rings. The van der Waals surface area contributed by atoms with Crippen LogP contribution in [0.25, 0.3) is 0 Å². The summed E-state index contributed by atoms with van der Waals surface area (Å²) >= 11 is 0. The summed E-state index contributed by atoms with van der Waals surface area (Å²) in [4.78, 5) is 30.9. The molecular weight excluding hydrogens is 438 g/mol. The lowest BCUT2D eigenvalue weighted by Gasteiger charge is -2.40. The Hall–Kier alpha value is -2.70. The Bertz CT molecular complexity index is 1030. The number of aliphatic hydroxyl groups excluding tert-OH is 1. The fourth-order valence-corrected chi connectivity index (χ4v) is 5.72. The minimum atomic E-state index is -0.115. The zero-order valence-electron chi connectivity index (χ0n) is 21.2. The zero-order chi connectivity index (χ0) is 24.8. The second-order valence-electron chi connectivity index (χ2n) is 9.88. The van der Waals surface area contributed by atoms with Gasteiger partial charge in [0.05, 0.1) is 6.61 Å². The summed E-state index contributed by atoms with van der Waals surface area (Å²) in [7, 11) is 0. The number of fused-ring (bicyclic) bond motifs is 1. The Kier molecular flexibility index (Phi) is 8.58. The number of hydrogen-bond donors (Lipinski definition) is 2. The summed E-state index contributed by atoms with van der Waals surface area (Å²) in [5.41, 5.74) is 5.79. The van der Waals surface area contributed by atoms with Crippen molar-refractivity contribution in [3.8, 4) is 0 Å². The van der Waals surface area contributed by atoms with Gasteiger partial charge in [-0.05, 0) is 69.2 Å². The van der Waals surface area contributed by atoms with Crippen molar-refractivity contribution in [2.45, 2.75) is 58.4 Å². The van der Waals surface area contributed by atoms with Gasteiger partial charge in [-0.15, -0.1) is 0 Å². The lowest BCUT2D eigenvalue weighted by molar-refractivity contribution is -0.115. The first-order valence-electron chi connectivity index (χ1n) is 13.1. The van der Waals surface area contributed by atoms with E-state index in [0.717, 1.165) is 79.8 Å². The summed E-state index contributed by atoms with van der Waals surface area (Å²) in [6.07, 6.45) is 11.4. The highest BCUT2D eigenvalue weighted by atomic mass is 16.3. The quantitative estimate of drug-likeness (QED) is 0.631. The molecule has 6 heteroatoms. The van der Waals surface area contributed by atoms with Crippen LogP contribution in [0.15, 0.2) is 53.1 Å². The number of Topliss-reactive ketones (excluding diaryl/α,β-unsaturated/α-hetero) is 1. The third-order valence-corrected chi connectivity index (χ3v) is 7.54. The number of β-amino-alcohol motifs (C(OH)–C–C–N with tert-alkyl or cyclic N) is 1. The number of likely N-dealkylation sites (tertiary alicyclic amines) is 1. The summed E-state index contributed by atoms with van der Waals surface area (Å²) in [5.74, 6) is 0.00979. The third-order valence-electron chi connectivity index (χ3n) is 7.54. The van der Waals surface area contributed by atoms with Crippen molar-refractivity contribution in [2.24, 2.45) is 0 Å². The van der Waals surface area contributed by atoms with Crippen LogP contribution in [0.1, 0.15) is 61.9 Å². The number of hydrogen-bond acceptors (Lipinski definition) is 5.